The summed E-state index contributed by atoms with van der Waals surface area (Å²) in [4.78, 5) is 17.8. The molecule has 8 heteroatoms. The van der Waals surface area contributed by atoms with Gasteiger partial charge in [-0.2, -0.15) is 0 Å². The van der Waals surface area contributed by atoms with Crippen LogP contribution in [-0.2, 0) is 13.6 Å². The van der Waals surface area contributed by atoms with E-state index in [2.05, 4.69) is 50.0 Å². The van der Waals surface area contributed by atoms with E-state index in [-0.39, 0.29) is 0 Å². The first kappa shape index (κ1) is 15.3. The van der Waals surface area contributed by atoms with Crippen LogP contribution in [0.2, 0.25) is 0 Å². The number of aromatic nitrogens is 5. The van der Waals surface area contributed by atoms with Crippen LogP contribution in [0.1, 0.15) is 11.4 Å². The van der Waals surface area contributed by atoms with Gasteiger partial charge in [0, 0.05) is 7.05 Å². The van der Waals surface area contributed by atoms with Gasteiger partial charge in [-0.3, -0.25) is 0 Å². The number of aryl methyl sites for hydroxylation is 2. The van der Waals surface area contributed by atoms with Crippen LogP contribution >= 0.6 is 23.1 Å². The van der Waals surface area contributed by atoms with Gasteiger partial charge in [-0.1, -0.05) is 17.8 Å². The fourth-order valence-corrected chi connectivity index (χ4v) is 4.11. The summed E-state index contributed by atoms with van der Waals surface area (Å²) >= 11 is 3.23. The van der Waals surface area contributed by atoms with Gasteiger partial charge < -0.3 is 9.88 Å². The Bertz CT molecular complexity index is 1040. The summed E-state index contributed by atoms with van der Waals surface area (Å²) in [6, 6.07) is 6.32. The van der Waals surface area contributed by atoms with E-state index in [1.807, 2.05) is 13.3 Å². The van der Waals surface area contributed by atoms with E-state index in [9.17, 15) is 0 Å². The summed E-state index contributed by atoms with van der Waals surface area (Å²) in [5.74, 6) is 1.78. The Hall–Kier alpha value is -2.19. The number of rotatable bonds is 4. The van der Waals surface area contributed by atoms with Gasteiger partial charge in [-0.25, -0.2) is 19.9 Å². The lowest BCUT2D eigenvalue weighted by atomic mass is 10.2. The zero-order valence-corrected chi connectivity index (χ0v) is 15.2. The van der Waals surface area contributed by atoms with Gasteiger partial charge in [-0.05, 0) is 30.9 Å². The lowest BCUT2D eigenvalue weighted by molar-refractivity contribution is 0.832. The summed E-state index contributed by atoms with van der Waals surface area (Å²) in [5.41, 5.74) is 4.10. The maximum Gasteiger partial charge on any atom is 0.176 e. The van der Waals surface area contributed by atoms with Crippen molar-refractivity contribution in [1.29, 1.82) is 0 Å². The number of nitrogens with zero attached hydrogens (tertiary/aromatic N) is 5. The monoisotopic (exact) mass is 356 g/mol. The van der Waals surface area contributed by atoms with Gasteiger partial charge >= 0.3 is 0 Å². The lowest BCUT2D eigenvalue weighted by Gasteiger charge is -2.06. The number of benzene rings is 1. The summed E-state index contributed by atoms with van der Waals surface area (Å²) < 4.78 is 4.09. The number of nitrogens with one attached hydrogen (secondary N) is 1. The molecular formula is C16H16N6S2. The lowest BCUT2D eigenvalue weighted by Crippen LogP contribution is -2.07. The first-order chi connectivity index (χ1) is 11.7. The highest BCUT2D eigenvalue weighted by atomic mass is 32.2. The van der Waals surface area contributed by atoms with Gasteiger partial charge in [0.25, 0.3) is 0 Å². The minimum atomic E-state index is 0.600. The number of hydrogen-bond acceptors (Lipinski definition) is 7. The molecule has 1 aromatic carbocycles. The van der Waals surface area contributed by atoms with Crippen LogP contribution in [0.5, 0.6) is 0 Å². The van der Waals surface area contributed by atoms with Crippen molar-refractivity contribution in [1.82, 2.24) is 24.5 Å². The average Bonchev–Trinajstić information content (AvgIpc) is 3.14. The minimum absolute atomic E-state index is 0.600. The van der Waals surface area contributed by atoms with Crippen molar-refractivity contribution in [2.75, 3.05) is 11.6 Å². The van der Waals surface area contributed by atoms with Crippen molar-refractivity contribution in [2.45, 2.75) is 17.8 Å². The first-order valence-electron chi connectivity index (χ1n) is 7.47. The van der Waals surface area contributed by atoms with E-state index in [0.717, 1.165) is 37.4 Å². The zero-order chi connectivity index (χ0) is 16.7. The second kappa shape index (κ2) is 6.03. The van der Waals surface area contributed by atoms with E-state index in [4.69, 9.17) is 4.98 Å². The van der Waals surface area contributed by atoms with E-state index in [1.54, 1.807) is 29.4 Å². The van der Waals surface area contributed by atoms with Crippen LogP contribution in [0, 0.1) is 6.92 Å². The smallest absolute Gasteiger partial charge is 0.176 e. The Kier molecular flexibility index (Phi) is 3.85. The quantitative estimate of drug-likeness (QED) is 0.563. The topological polar surface area (TPSA) is 68.5 Å². The van der Waals surface area contributed by atoms with Crippen LogP contribution < -0.4 is 5.32 Å². The van der Waals surface area contributed by atoms with E-state index in [0.29, 0.717) is 6.54 Å². The van der Waals surface area contributed by atoms with E-state index >= 15 is 0 Å². The molecule has 0 radical (unpaired) electrons. The molecule has 0 aliphatic heterocycles. The van der Waals surface area contributed by atoms with Crippen molar-refractivity contribution < 1.29 is 0 Å². The molecular weight excluding hydrogens is 340 g/mol. The van der Waals surface area contributed by atoms with Gasteiger partial charge in [0.15, 0.2) is 9.99 Å². The van der Waals surface area contributed by atoms with Gasteiger partial charge in [0.05, 0.1) is 17.6 Å². The van der Waals surface area contributed by atoms with Crippen molar-refractivity contribution in [3.8, 4) is 0 Å². The molecule has 24 heavy (non-hydrogen) atoms. The van der Waals surface area contributed by atoms with Crippen LogP contribution in [-0.4, -0.2) is 30.8 Å². The highest BCUT2D eigenvalue weighted by Gasteiger charge is 2.12. The summed E-state index contributed by atoms with van der Waals surface area (Å²) in [6.07, 6.45) is 3.56. The summed E-state index contributed by atoms with van der Waals surface area (Å²) in [5, 5.41) is 3.38. The van der Waals surface area contributed by atoms with E-state index in [1.165, 1.54) is 5.56 Å². The predicted octanol–water partition coefficient (Wildman–Crippen LogP) is 3.62. The molecule has 4 rings (SSSR count). The van der Waals surface area contributed by atoms with Crippen LogP contribution in [0.4, 0.5) is 5.82 Å². The molecule has 0 unspecified atom stereocenters. The second-order valence-corrected chi connectivity index (χ2v) is 7.54. The maximum atomic E-state index is 4.73. The maximum absolute atomic E-state index is 4.73. The third-order valence-electron chi connectivity index (χ3n) is 3.89. The molecule has 0 saturated carbocycles. The van der Waals surface area contributed by atoms with Crippen LogP contribution in [0.25, 0.3) is 21.4 Å². The van der Waals surface area contributed by atoms with Crippen LogP contribution in [0.15, 0.2) is 28.9 Å². The van der Waals surface area contributed by atoms with Crippen LogP contribution in [0.3, 0.4) is 0 Å². The summed E-state index contributed by atoms with van der Waals surface area (Å²) in [7, 11) is 2.04. The Labute approximate surface area is 147 Å². The molecule has 6 nitrogen and oxygen atoms in total. The number of hydrogen-bond donors (Lipinski definition) is 1. The minimum Gasteiger partial charge on any atom is -0.361 e. The molecule has 0 aliphatic carbocycles. The normalized spacial score (nSPS) is 11.5. The fourth-order valence-electron chi connectivity index (χ4n) is 2.63. The Morgan fingerprint density at radius 2 is 2.12 bits per heavy atom. The van der Waals surface area contributed by atoms with Crippen molar-refractivity contribution in [3.63, 3.8) is 0 Å². The molecule has 3 heterocycles. The molecule has 0 spiro atoms. The molecule has 3 aromatic heterocycles. The molecule has 122 valence electrons. The molecule has 0 amide bonds. The predicted molar refractivity (Wildman–Crippen MR) is 99.8 cm³/mol. The third-order valence-corrected chi connectivity index (χ3v) is 5.93. The average molecular weight is 356 g/mol. The largest absolute Gasteiger partial charge is 0.361 e. The highest BCUT2D eigenvalue weighted by molar-refractivity contribution is 8.00. The molecule has 0 aliphatic rings. The van der Waals surface area contributed by atoms with E-state index < -0.39 is 0 Å². The highest BCUT2D eigenvalue weighted by Crippen LogP contribution is 2.31. The van der Waals surface area contributed by atoms with Gasteiger partial charge in [0.2, 0.25) is 0 Å². The molecule has 0 fully saturated rings. The number of imidazole rings is 1. The number of thioether (sulfide) groups is 1. The SMILES string of the molecule is CSc1nc2ncnc(NCc3nc4cc(C)ccc4n3C)c2s1. The van der Waals surface area contributed by atoms with Crippen molar-refractivity contribution >= 4 is 50.3 Å². The van der Waals surface area contributed by atoms with Crippen molar-refractivity contribution in [3.05, 3.63) is 35.9 Å². The fraction of sp³-hybridized carbons (Fsp3) is 0.250. The standard InChI is InChI=1S/C16H16N6S2/c1-9-4-5-11-10(6-9)20-12(22(11)2)7-17-14-13-15(19-8-18-14)21-16(23-3)24-13/h4-6,8H,7H2,1-3H3,(H,17,18,19). The number of fused-ring (bicyclic) bond motifs is 2. The Morgan fingerprint density at radius 1 is 1.25 bits per heavy atom. The Morgan fingerprint density at radius 3 is 2.96 bits per heavy atom. The Balaban J connectivity index is 1.65. The zero-order valence-electron chi connectivity index (χ0n) is 13.6. The number of thiazole rings is 1. The van der Waals surface area contributed by atoms with Crippen molar-refractivity contribution in [2.24, 2.45) is 7.05 Å². The van der Waals surface area contributed by atoms with Gasteiger partial charge in [-0.15, -0.1) is 11.3 Å². The molecule has 0 atom stereocenters. The second-order valence-electron chi connectivity index (χ2n) is 5.49. The molecule has 0 bridgehead atoms. The third kappa shape index (κ3) is 2.61. The van der Waals surface area contributed by atoms with Gasteiger partial charge in [0.1, 0.15) is 22.7 Å². The summed E-state index contributed by atoms with van der Waals surface area (Å²) in [6.45, 7) is 2.68. The molecule has 1 N–H and O–H groups in total. The number of anilines is 1. The molecule has 4 aromatic rings. The molecule has 0 saturated heterocycles. The first-order valence-corrected chi connectivity index (χ1v) is 9.51.